The molecule has 146 heavy (non-hydrogen) atoms. The molecule has 46 heteroatoms. The van der Waals surface area contributed by atoms with Gasteiger partial charge in [-0.15, -0.1) is 11.3 Å². The number of primary amides is 1. The van der Waals surface area contributed by atoms with Crippen LogP contribution in [0.3, 0.4) is 0 Å². The first-order valence-electron chi connectivity index (χ1n) is 48.8. The minimum absolute atomic E-state index is 0.00142. The maximum atomic E-state index is 16.1. The van der Waals surface area contributed by atoms with E-state index in [1.54, 1.807) is 90.2 Å². The molecule has 0 aliphatic carbocycles. The largest absolute Gasteiger partial charge is 0.481 e. The van der Waals surface area contributed by atoms with E-state index in [1.807, 2.05) is 18.2 Å². The van der Waals surface area contributed by atoms with Crippen LogP contribution in [0, 0.1) is 5.41 Å². The van der Waals surface area contributed by atoms with Crippen LogP contribution >= 0.6 is 34.0 Å². The van der Waals surface area contributed by atoms with Gasteiger partial charge in [-0.3, -0.25) is 91.1 Å². The number of nitrogens with two attached hydrogens (primary N) is 1. The quantitative estimate of drug-likeness (QED) is 0.0595. The van der Waals surface area contributed by atoms with Crippen molar-refractivity contribution in [3.8, 4) is 0 Å². The summed E-state index contributed by atoms with van der Waals surface area (Å²) in [5.41, 5.74) is -2.06. The second kappa shape index (κ2) is 52.1. The van der Waals surface area contributed by atoms with E-state index in [0.717, 1.165) is 15.0 Å². The summed E-state index contributed by atoms with van der Waals surface area (Å²) in [6, 6.07) is -2.68. The van der Waals surface area contributed by atoms with Crippen molar-refractivity contribution in [1.82, 2.24) is 89.6 Å². The van der Waals surface area contributed by atoms with Crippen LogP contribution in [0.4, 0.5) is 4.79 Å². The smallest absolute Gasteiger partial charge is 0.409 e. The second-order valence-corrected chi connectivity index (χ2v) is 41.9. The van der Waals surface area contributed by atoms with Crippen molar-refractivity contribution in [2.75, 3.05) is 32.8 Å². The Bertz CT molecular complexity index is 5700. The van der Waals surface area contributed by atoms with Crippen molar-refractivity contribution >= 4 is 169 Å². The molecule has 5 aromatic rings. The van der Waals surface area contributed by atoms with Crippen LogP contribution in [0.1, 0.15) is 216 Å². The Hall–Kier alpha value is -14.0. The van der Waals surface area contributed by atoms with Gasteiger partial charge in [0.25, 0.3) is 0 Å². The fourth-order valence-electron chi connectivity index (χ4n) is 18.1. The van der Waals surface area contributed by atoms with Crippen molar-refractivity contribution in [2.24, 2.45) is 11.1 Å². The lowest BCUT2D eigenvalue weighted by molar-refractivity contribution is -0.146. The summed E-state index contributed by atoms with van der Waals surface area (Å²) in [5.74, 6) is -21.3. The molecule has 2 aromatic carbocycles. The number of cyclic esters (lactones) is 1. The van der Waals surface area contributed by atoms with Gasteiger partial charge < -0.3 is 115 Å². The van der Waals surface area contributed by atoms with Crippen molar-refractivity contribution in [3.05, 3.63) is 140 Å². The molecule has 3 fully saturated rings. The van der Waals surface area contributed by atoms with Gasteiger partial charge in [0.1, 0.15) is 88.6 Å². The van der Waals surface area contributed by atoms with Crippen LogP contribution in [0.15, 0.2) is 112 Å². The number of ether oxygens (including phenoxy) is 1. The summed E-state index contributed by atoms with van der Waals surface area (Å²) in [6.07, 6.45) is 0.897. The van der Waals surface area contributed by atoms with Gasteiger partial charge in [0, 0.05) is 63.4 Å². The van der Waals surface area contributed by atoms with Crippen LogP contribution in [0.5, 0.6) is 0 Å². The maximum absolute atomic E-state index is 16.1. The highest BCUT2D eigenvalue weighted by atomic mass is 32.1. The Balaban J connectivity index is 1.04. The molecule has 10 rings (SSSR count). The number of allylic oxidation sites excluding steroid dienone is 3. The average Bonchev–Trinajstić information content (AvgIpc) is 1.54. The number of thiophene rings is 3. The van der Waals surface area contributed by atoms with Gasteiger partial charge in [-0.2, -0.15) is 22.7 Å². The van der Waals surface area contributed by atoms with Crippen molar-refractivity contribution in [3.63, 3.8) is 0 Å². The average molecular weight is 2080 g/mol. The molecule has 8 heterocycles. The summed E-state index contributed by atoms with van der Waals surface area (Å²) in [5, 5.41) is 80.5. The molecule has 0 unspecified atom stereocenters. The van der Waals surface area contributed by atoms with Gasteiger partial charge >= 0.3 is 24.0 Å². The topological polar surface area (TPSA) is 641 Å². The fourth-order valence-corrected chi connectivity index (χ4v) is 20.5. The number of aromatic carboxylic acids is 1. The fraction of sp³-hybridized carbons (Fsp3) is 0.530. The summed E-state index contributed by atoms with van der Waals surface area (Å²) in [4.78, 5) is 308. The summed E-state index contributed by atoms with van der Waals surface area (Å²) >= 11 is 3.84. The number of rotatable bonds is 17. The van der Waals surface area contributed by atoms with Gasteiger partial charge in [-0.05, 0) is 227 Å². The van der Waals surface area contributed by atoms with E-state index in [1.165, 1.54) is 97.8 Å². The highest BCUT2D eigenvalue weighted by Crippen LogP contribution is 2.36. The molecule has 3 spiro atoms. The lowest BCUT2D eigenvalue weighted by atomic mass is 9.83. The maximum Gasteiger partial charge on any atom is 0.409 e. The van der Waals surface area contributed by atoms with Crippen molar-refractivity contribution < 1.29 is 121 Å². The lowest BCUT2D eigenvalue weighted by Gasteiger charge is -2.38. The standard InChI is InChI=1S/C100H132N18O25S3/c1-57(79(101)125)103-81(127)67-30-31-76(120)102-39-21-17-28-66-87(133)116-99(93(140)111-69(48-62-33-44-145-54-62)83(129)109-71(84(130)106-67)49-64-55-146-75-29-16-15-27-65(64)75)38-41-117(56-99)95(142)143-42-22-14-10-9-11-18-34-98(35-19-12-13-20-36-100(37-24-40-118(100)59(3)119)94(141)113-73(51-78(123)124)86(132)110-74(89(135)115-98)52-96(4,5)6)92(139)112-72(50-77(121)122)85(131)108-70(46-60-25-23-26-63(45-60)90(136)137)88(134)114-97(7,8)91(138)104-58(2)80(126)107-68(82(128)105-66)47-61-32-43-144-53-61/h9-10,13,15-16,20,23,25-27,29,32-33,43-45,53-55,57-58,66-74H,11-12,14,17-19,21-22,24,28,30-31,34-42,46-52,56H2,1-8H3,(H2,101,125)(H,102,120)(H,103,127)(H,104,138)(H,105,128)(H,106,130)(H,107,126)(H,108,131)(H,109,129)(H,110,132)(H,111,140)(H,112,139)(H,113,141)(H,114,134)(H,115,135)(H,116,133)(H,121,122)(H,123,124)(H,136,137)/b10-9+,20-13-/t57-,58-,66-,67-,68-,69-,70-,71-,72-,73-,74-,98-,99-,100-/m0/s1. The Morgan fingerprint density at radius 1 is 0.534 bits per heavy atom. The van der Waals surface area contributed by atoms with Crippen LogP contribution in [0.25, 0.3) is 10.1 Å². The van der Waals surface area contributed by atoms with Gasteiger partial charge in [0.2, 0.25) is 100 Å². The molecule has 3 aromatic heterocycles. The van der Waals surface area contributed by atoms with Crippen LogP contribution < -0.4 is 85.5 Å². The van der Waals surface area contributed by atoms with E-state index in [4.69, 9.17) is 10.5 Å². The third-order valence-electron chi connectivity index (χ3n) is 26.2. The number of nitrogens with zero attached hydrogens (tertiary/aromatic N) is 2. The minimum Gasteiger partial charge on any atom is -0.481 e. The SMILES string of the molecule is CC(=O)N1CCC[C@]12C/C=C\CCC[C@]1(CCC/C=C/CCCOC(=O)N3CC[C@@]4(C3)NC(=O)[C@H](CCCCNC(=O)CC[C@@H](C(=O)N[C@@H](C)C(N)=O)NC(=O)[C@H](Cc3csc5ccccc35)NC(=O)[C@H](Cc3ccsc3)NC4=O)NC(=O)[C@H](Cc3ccsc3)NC(=O)[C@H](C)NC(=O)C(C)(C)NC(=O)[C@H](Cc3cccc(C(=O)O)c3)NC(=O)[C@H](CC(=O)O)NC1=O)NC(=O)[C@H](CC(C)(C)C)NC(=O)[C@H](CC(=O)O)NC2=O. The Morgan fingerprint density at radius 2 is 1.09 bits per heavy atom. The van der Waals surface area contributed by atoms with Crippen LogP contribution in [-0.4, -0.2) is 271 Å². The lowest BCUT2D eigenvalue weighted by Crippen LogP contribution is -2.66. The van der Waals surface area contributed by atoms with E-state index < -0.39 is 251 Å². The van der Waals surface area contributed by atoms with Gasteiger partial charge in [0.15, 0.2) is 0 Å². The number of carbonyl (C=O) groups excluding carboxylic acids is 18. The molecule has 20 N–H and O–H groups in total. The van der Waals surface area contributed by atoms with E-state index in [2.05, 4.69) is 79.8 Å². The molecule has 3 bridgehead atoms. The molecule has 790 valence electrons. The number of carboxylic acid groups (broad SMARTS) is 3. The first kappa shape index (κ1) is 114. The zero-order chi connectivity index (χ0) is 107. The molecule has 5 aliphatic heterocycles. The second-order valence-electron chi connectivity index (χ2n) is 39.4. The number of amides is 18. The number of carboxylic acids is 3. The van der Waals surface area contributed by atoms with E-state index in [-0.39, 0.29) is 159 Å². The predicted octanol–water partition coefficient (Wildman–Crippen LogP) is 2.80. The zero-order valence-corrected chi connectivity index (χ0v) is 85.3. The Labute approximate surface area is 855 Å². The number of carbonyl (C=O) groups is 21. The van der Waals surface area contributed by atoms with Gasteiger partial charge in [0.05, 0.1) is 31.6 Å². The first-order valence-corrected chi connectivity index (χ1v) is 51.5. The number of hydrogen-bond acceptors (Lipinski definition) is 25. The molecule has 5 aliphatic rings. The zero-order valence-electron chi connectivity index (χ0n) is 82.8. The molecule has 43 nitrogen and oxygen atoms in total. The molecule has 3 saturated heterocycles. The highest BCUT2D eigenvalue weighted by molar-refractivity contribution is 7.17. The third-order valence-corrected chi connectivity index (χ3v) is 28.7. The predicted molar refractivity (Wildman–Crippen MR) is 536 cm³/mol. The number of aliphatic carboxylic acids is 2. The van der Waals surface area contributed by atoms with E-state index in [0.29, 0.717) is 23.1 Å². The Morgan fingerprint density at radius 3 is 1.71 bits per heavy atom. The normalized spacial score (nSPS) is 26.8. The third kappa shape index (κ3) is 32.2. The van der Waals surface area contributed by atoms with Gasteiger partial charge in [-0.1, -0.05) is 75.4 Å². The Kier molecular flexibility index (Phi) is 40.7. The highest BCUT2D eigenvalue weighted by Gasteiger charge is 2.53. The van der Waals surface area contributed by atoms with Crippen molar-refractivity contribution in [2.45, 2.75) is 298 Å². The van der Waals surface area contributed by atoms with Crippen LogP contribution in [0.2, 0.25) is 0 Å². The molecular weight excluding hydrogens is 1950 g/mol. The summed E-state index contributed by atoms with van der Waals surface area (Å²) < 4.78 is 6.71. The minimum atomic E-state index is -2.22. The number of benzene rings is 2. The van der Waals surface area contributed by atoms with E-state index in [9.17, 15) is 72.9 Å². The summed E-state index contributed by atoms with van der Waals surface area (Å²) in [6.45, 7) is 10.2. The number of nitrogens with one attached hydrogen (secondary N) is 15. The molecule has 0 radical (unpaired) electrons. The molecule has 14 atom stereocenters. The van der Waals surface area contributed by atoms with Crippen molar-refractivity contribution in [1.29, 1.82) is 0 Å². The number of likely N-dealkylation sites (tertiary alicyclic amines) is 1. The monoisotopic (exact) mass is 2080 g/mol. The molecule has 18 amide bonds. The molecule has 0 saturated carbocycles. The summed E-state index contributed by atoms with van der Waals surface area (Å²) in [7, 11) is 0. The first-order chi connectivity index (χ1) is 69.2. The van der Waals surface area contributed by atoms with Gasteiger partial charge in [-0.25, -0.2) is 9.59 Å². The number of fused-ring (bicyclic) bond motifs is 4. The number of hydrogen-bond donors (Lipinski definition) is 19. The molecular formula is C100H132N18O25S3. The van der Waals surface area contributed by atoms with Crippen LogP contribution in [-0.2, 0) is 122 Å². The van der Waals surface area contributed by atoms with E-state index >= 15 is 43.2 Å².